The number of thiophene rings is 1. The Morgan fingerprint density at radius 2 is 2.19 bits per heavy atom. The lowest BCUT2D eigenvalue weighted by molar-refractivity contribution is -0.0403. The van der Waals surface area contributed by atoms with Crippen LogP contribution in [0.15, 0.2) is 46.5 Å². The molecular formula is C18H16BrN3O3S. The Bertz CT molecular complexity index is 927. The first kappa shape index (κ1) is 17.4. The first-order valence-electron chi connectivity index (χ1n) is 8.19. The van der Waals surface area contributed by atoms with Crippen LogP contribution in [0.2, 0.25) is 0 Å². The molecule has 1 aliphatic rings. The first-order chi connectivity index (χ1) is 12.7. The molecule has 1 aliphatic heterocycles. The molecule has 1 saturated heterocycles. The number of fused-ring (bicyclic) bond motifs is 1. The average Bonchev–Trinajstić information content (AvgIpc) is 3.12. The molecule has 26 heavy (non-hydrogen) atoms. The normalized spacial score (nSPS) is 17.4. The van der Waals surface area contributed by atoms with Gasteiger partial charge in [0.25, 0.3) is 5.91 Å². The predicted octanol–water partition coefficient (Wildman–Crippen LogP) is 3.37. The Hall–Kier alpha value is -2.03. The second-order valence-corrected chi connectivity index (χ2v) is 8.32. The van der Waals surface area contributed by atoms with Crippen molar-refractivity contribution in [2.75, 3.05) is 26.3 Å². The van der Waals surface area contributed by atoms with E-state index in [4.69, 9.17) is 9.47 Å². The summed E-state index contributed by atoms with van der Waals surface area (Å²) in [7, 11) is 0. The van der Waals surface area contributed by atoms with E-state index >= 15 is 0 Å². The van der Waals surface area contributed by atoms with Gasteiger partial charge in [-0.15, -0.1) is 11.3 Å². The van der Waals surface area contributed by atoms with Crippen molar-refractivity contribution < 1.29 is 14.3 Å². The first-order valence-corrected chi connectivity index (χ1v) is 9.80. The molecule has 8 heteroatoms. The number of para-hydroxylation sites is 1. The quantitative estimate of drug-likeness (QED) is 0.630. The van der Waals surface area contributed by atoms with Gasteiger partial charge < -0.3 is 14.4 Å². The van der Waals surface area contributed by atoms with Gasteiger partial charge >= 0.3 is 0 Å². The fourth-order valence-electron chi connectivity index (χ4n) is 2.86. The molecule has 1 atom stereocenters. The van der Waals surface area contributed by atoms with Gasteiger partial charge in [-0.1, -0.05) is 12.1 Å². The number of hydrogen-bond acceptors (Lipinski definition) is 6. The van der Waals surface area contributed by atoms with Crippen LogP contribution in [-0.2, 0) is 4.74 Å². The molecule has 0 aliphatic carbocycles. The van der Waals surface area contributed by atoms with E-state index in [1.807, 2.05) is 41.3 Å². The maximum Gasteiger partial charge on any atom is 0.264 e. The van der Waals surface area contributed by atoms with Crippen molar-refractivity contribution >= 4 is 44.1 Å². The molecule has 0 saturated carbocycles. The van der Waals surface area contributed by atoms with Gasteiger partial charge in [0, 0.05) is 6.54 Å². The predicted molar refractivity (Wildman–Crippen MR) is 103 cm³/mol. The lowest BCUT2D eigenvalue weighted by Gasteiger charge is -2.32. The minimum Gasteiger partial charge on any atom is -0.474 e. The second-order valence-electron chi connectivity index (χ2n) is 5.85. The zero-order valence-electron chi connectivity index (χ0n) is 13.8. The van der Waals surface area contributed by atoms with E-state index < -0.39 is 0 Å². The van der Waals surface area contributed by atoms with Crippen molar-refractivity contribution in [3.05, 3.63) is 51.4 Å². The second kappa shape index (κ2) is 7.69. The van der Waals surface area contributed by atoms with E-state index in [2.05, 4.69) is 25.9 Å². The van der Waals surface area contributed by atoms with Crippen LogP contribution in [0.1, 0.15) is 9.67 Å². The average molecular weight is 434 g/mol. The monoisotopic (exact) mass is 433 g/mol. The Kier molecular flexibility index (Phi) is 5.14. The van der Waals surface area contributed by atoms with Crippen LogP contribution in [0.5, 0.6) is 5.88 Å². The molecule has 4 rings (SSSR count). The Morgan fingerprint density at radius 1 is 1.31 bits per heavy atom. The summed E-state index contributed by atoms with van der Waals surface area (Å²) in [6.07, 6.45) is 1.30. The summed E-state index contributed by atoms with van der Waals surface area (Å²) in [6, 6.07) is 11.4. The van der Waals surface area contributed by atoms with Gasteiger partial charge in [0.2, 0.25) is 5.88 Å². The van der Waals surface area contributed by atoms with Crippen molar-refractivity contribution in [2.24, 2.45) is 0 Å². The molecule has 134 valence electrons. The van der Waals surface area contributed by atoms with Crippen LogP contribution >= 0.6 is 27.3 Å². The van der Waals surface area contributed by atoms with Crippen molar-refractivity contribution in [3.63, 3.8) is 0 Å². The van der Waals surface area contributed by atoms with Gasteiger partial charge in [-0.25, -0.2) is 9.97 Å². The maximum absolute atomic E-state index is 12.6. The number of rotatable bonds is 4. The largest absolute Gasteiger partial charge is 0.474 e. The molecule has 2 aromatic heterocycles. The highest BCUT2D eigenvalue weighted by atomic mass is 79.9. The van der Waals surface area contributed by atoms with Gasteiger partial charge in [-0.2, -0.15) is 0 Å². The summed E-state index contributed by atoms with van der Waals surface area (Å²) >= 11 is 4.84. The fourth-order valence-corrected chi connectivity index (χ4v) is 4.21. The van der Waals surface area contributed by atoms with Crippen molar-refractivity contribution in [3.8, 4) is 5.88 Å². The van der Waals surface area contributed by atoms with E-state index in [0.29, 0.717) is 32.2 Å². The number of carbonyl (C=O) groups is 1. The highest BCUT2D eigenvalue weighted by molar-refractivity contribution is 9.11. The number of halogens is 1. The molecule has 0 N–H and O–H groups in total. The number of benzene rings is 1. The molecule has 3 aromatic rings. The van der Waals surface area contributed by atoms with Crippen LogP contribution in [-0.4, -0.2) is 53.2 Å². The van der Waals surface area contributed by atoms with Gasteiger partial charge in [-0.05, 0) is 40.2 Å². The molecular weight excluding hydrogens is 418 g/mol. The fraction of sp³-hybridized carbons (Fsp3) is 0.278. The Balaban J connectivity index is 1.41. The molecule has 1 fully saturated rings. The third-order valence-corrected chi connectivity index (χ3v) is 5.73. The number of carbonyl (C=O) groups excluding carboxylic acids is 1. The zero-order chi connectivity index (χ0) is 17.9. The molecule has 1 aromatic carbocycles. The summed E-state index contributed by atoms with van der Waals surface area (Å²) in [5.74, 6) is 0.561. The van der Waals surface area contributed by atoms with E-state index in [1.165, 1.54) is 17.7 Å². The van der Waals surface area contributed by atoms with E-state index in [1.54, 1.807) is 0 Å². The molecule has 0 bridgehead atoms. The van der Waals surface area contributed by atoms with Gasteiger partial charge in [0.1, 0.15) is 19.0 Å². The van der Waals surface area contributed by atoms with Crippen LogP contribution in [0.3, 0.4) is 0 Å². The van der Waals surface area contributed by atoms with Gasteiger partial charge in [0.05, 0.1) is 32.7 Å². The van der Waals surface area contributed by atoms with Crippen molar-refractivity contribution in [2.45, 2.75) is 6.10 Å². The number of aromatic nitrogens is 2. The molecule has 0 radical (unpaired) electrons. The van der Waals surface area contributed by atoms with Crippen LogP contribution in [0.25, 0.3) is 10.9 Å². The summed E-state index contributed by atoms with van der Waals surface area (Å²) in [5.41, 5.74) is 0.835. The zero-order valence-corrected chi connectivity index (χ0v) is 16.2. The number of hydrogen-bond donors (Lipinski definition) is 0. The van der Waals surface area contributed by atoms with E-state index in [0.717, 1.165) is 19.6 Å². The maximum atomic E-state index is 12.6. The summed E-state index contributed by atoms with van der Waals surface area (Å²) in [5, 5.41) is 0.863. The third kappa shape index (κ3) is 3.72. The highest BCUT2D eigenvalue weighted by Gasteiger charge is 2.26. The molecule has 0 spiro atoms. The molecule has 6 nitrogen and oxygen atoms in total. The highest BCUT2D eigenvalue weighted by Crippen LogP contribution is 2.24. The van der Waals surface area contributed by atoms with Crippen molar-refractivity contribution in [1.82, 2.24) is 14.9 Å². The van der Waals surface area contributed by atoms with E-state index in [9.17, 15) is 4.79 Å². The molecule has 3 heterocycles. The number of nitrogens with zero attached hydrogens (tertiary/aromatic N) is 3. The lowest BCUT2D eigenvalue weighted by atomic mass is 10.2. The SMILES string of the molecule is O=C(c1ccc(Br)s1)N1CCOC(COc2ncnc3ccccc23)C1. The van der Waals surface area contributed by atoms with Crippen LogP contribution < -0.4 is 4.74 Å². The van der Waals surface area contributed by atoms with E-state index in [-0.39, 0.29) is 12.0 Å². The summed E-state index contributed by atoms with van der Waals surface area (Å²) in [4.78, 5) is 23.6. The number of ether oxygens (including phenoxy) is 2. The number of amides is 1. The van der Waals surface area contributed by atoms with Crippen molar-refractivity contribution in [1.29, 1.82) is 0 Å². The smallest absolute Gasteiger partial charge is 0.264 e. The van der Waals surface area contributed by atoms with Crippen LogP contribution in [0.4, 0.5) is 0 Å². The van der Waals surface area contributed by atoms with Gasteiger partial charge in [0.15, 0.2) is 0 Å². The summed E-state index contributed by atoms with van der Waals surface area (Å²) < 4.78 is 12.6. The molecule has 1 unspecified atom stereocenters. The number of morpholine rings is 1. The minimum atomic E-state index is -0.190. The standard InChI is InChI=1S/C18H16BrN3O3S/c19-16-6-5-15(26-16)18(23)22-7-8-24-12(9-22)10-25-17-13-3-1-2-4-14(13)20-11-21-17/h1-6,11-12H,7-10H2. The Morgan fingerprint density at radius 3 is 3.04 bits per heavy atom. The summed E-state index contributed by atoms with van der Waals surface area (Å²) in [6.45, 7) is 1.91. The Labute approximate surface area is 162 Å². The topological polar surface area (TPSA) is 64.6 Å². The van der Waals surface area contributed by atoms with Crippen LogP contribution in [0, 0.1) is 0 Å². The third-order valence-electron chi connectivity index (χ3n) is 4.12. The lowest BCUT2D eigenvalue weighted by Crippen LogP contribution is -2.47. The van der Waals surface area contributed by atoms with Gasteiger partial charge in [-0.3, -0.25) is 4.79 Å². The molecule has 1 amide bonds. The minimum absolute atomic E-state index is 0.0292.